The quantitative estimate of drug-likeness (QED) is 0.869. The Morgan fingerprint density at radius 2 is 1.91 bits per heavy atom. The lowest BCUT2D eigenvalue weighted by Crippen LogP contribution is -2.68. The van der Waals surface area contributed by atoms with Gasteiger partial charge in [-0.1, -0.05) is 12.1 Å². The summed E-state index contributed by atoms with van der Waals surface area (Å²) in [5.41, 5.74) is 3.02. The van der Waals surface area contributed by atoms with Crippen LogP contribution in [0.5, 0.6) is 0 Å². The van der Waals surface area contributed by atoms with Gasteiger partial charge in [-0.25, -0.2) is 9.97 Å². The molecule has 3 aliphatic rings. The van der Waals surface area contributed by atoms with Crippen LogP contribution < -0.4 is 4.90 Å². The Bertz CT molecular complexity index is 737. The van der Waals surface area contributed by atoms with Gasteiger partial charge in [0.1, 0.15) is 0 Å². The normalized spacial score (nSPS) is 23.2. The summed E-state index contributed by atoms with van der Waals surface area (Å²) in [5.74, 6) is 0.859. The number of anilines is 1. The minimum atomic E-state index is 0.577. The summed E-state index contributed by atoms with van der Waals surface area (Å²) in [7, 11) is 0. The molecule has 2 bridgehead atoms. The van der Waals surface area contributed by atoms with Gasteiger partial charge in [0.2, 0.25) is 5.95 Å². The molecule has 2 aromatic rings. The predicted molar refractivity (Wildman–Crippen MR) is 87.9 cm³/mol. The maximum absolute atomic E-state index is 8.88. The van der Waals surface area contributed by atoms with Gasteiger partial charge in [-0.3, -0.25) is 4.90 Å². The number of piperidine rings is 1. The molecule has 116 valence electrons. The van der Waals surface area contributed by atoms with Crippen LogP contribution in [0.3, 0.4) is 0 Å². The van der Waals surface area contributed by atoms with Crippen LogP contribution in [0.15, 0.2) is 36.5 Å². The summed E-state index contributed by atoms with van der Waals surface area (Å²) in [4.78, 5) is 13.8. The Balaban J connectivity index is 1.42. The second kappa shape index (κ2) is 5.64. The van der Waals surface area contributed by atoms with Crippen LogP contribution in [0, 0.1) is 18.3 Å². The number of fused-ring (bicyclic) bond motifs is 2. The van der Waals surface area contributed by atoms with E-state index in [0.717, 1.165) is 36.8 Å². The van der Waals surface area contributed by atoms with Crippen molar-refractivity contribution in [2.75, 3.05) is 18.0 Å². The predicted octanol–water partition coefficient (Wildman–Crippen LogP) is 2.12. The first-order valence-electron chi connectivity index (χ1n) is 8.02. The van der Waals surface area contributed by atoms with Crippen LogP contribution in [-0.2, 0) is 6.54 Å². The van der Waals surface area contributed by atoms with Gasteiger partial charge < -0.3 is 4.90 Å². The number of rotatable bonds is 3. The van der Waals surface area contributed by atoms with Gasteiger partial charge in [-0.2, -0.15) is 5.26 Å². The van der Waals surface area contributed by atoms with Crippen LogP contribution in [0.4, 0.5) is 5.95 Å². The van der Waals surface area contributed by atoms with Gasteiger partial charge in [-0.15, -0.1) is 0 Å². The van der Waals surface area contributed by atoms with Crippen molar-refractivity contribution in [3.05, 3.63) is 53.3 Å². The van der Waals surface area contributed by atoms with Crippen molar-refractivity contribution in [1.29, 1.82) is 5.26 Å². The minimum Gasteiger partial charge on any atom is -0.338 e. The molecule has 1 aromatic heterocycles. The molecule has 1 aromatic carbocycles. The van der Waals surface area contributed by atoms with Crippen LogP contribution in [0.25, 0.3) is 0 Å². The zero-order valence-corrected chi connectivity index (χ0v) is 13.2. The third kappa shape index (κ3) is 2.66. The molecule has 5 heteroatoms. The average molecular weight is 305 g/mol. The molecule has 0 spiro atoms. The highest BCUT2D eigenvalue weighted by Crippen LogP contribution is 2.34. The van der Waals surface area contributed by atoms with Crippen molar-refractivity contribution >= 4 is 5.95 Å². The van der Waals surface area contributed by atoms with Crippen molar-refractivity contribution in [2.24, 2.45) is 0 Å². The summed E-state index contributed by atoms with van der Waals surface area (Å²) < 4.78 is 0. The van der Waals surface area contributed by atoms with Crippen molar-refractivity contribution in [1.82, 2.24) is 14.9 Å². The number of piperazine rings is 1. The molecule has 3 fully saturated rings. The van der Waals surface area contributed by atoms with E-state index in [4.69, 9.17) is 5.26 Å². The highest BCUT2D eigenvalue weighted by Gasteiger charge is 2.44. The fraction of sp³-hybridized carbons (Fsp3) is 0.389. The van der Waals surface area contributed by atoms with Crippen molar-refractivity contribution < 1.29 is 0 Å². The summed E-state index contributed by atoms with van der Waals surface area (Å²) in [6.45, 7) is 4.96. The largest absolute Gasteiger partial charge is 0.338 e. The number of benzene rings is 1. The van der Waals surface area contributed by atoms with Gasteiger partial charge in [0, 0.05) is 43.6 Å². The third-order valence-electron chi connectivity index (χ3n) is 4.86. The number of nitrogens with zero attached hydrogens (tertiary/aromatic N) is 5. The van der Waals surface area contributed by atoms with E-state index >= 15 is 0 Å². The van der Waals surface area contributed by atoms with E-state index in [9.17, 15) is 0 Å². The lowest BCUT2D eigenvalue weighted by molar-refractivity contribution is -0.00896. The Morgan fingerprint density at radius 1 is 1.17 bits per heavy atom. The SMILES string of the molecule is Cc1ccnc(N2CC3CC(C2)N3Cc2ccc(C#N)cc2)n1. The average Bonchev–Trinajstić information content (AvgIpc) is 2.60. The number of nitriles is 1. The van der Waals surface area contributed by atoms with Crippen molar-refractivity contribution in [3.63, 3.8) is 0 Å². The lowest BCUT2D eigenvalue weighted by atomic mass is 9.87. The molecule has 0 amide bonds. The molecule has 2 atom stereocenters. The van der Waals surface area contributed by atoms with E-state index in [-0.39, 0.29) is 0 Å². The lowest BCUT2D eigenvalue weighted by Gasteiger charge is -2.56. The van der Waals surface area contributed by atoms with Gasteiger partial charge in [0.05, 0.1) is 11.6 Å². The molecule has 0 aliphatic carbocycles. The zero-order valence-electron chi connectivity index (χ0n) is 13.2. The molecule has 5 rings (SSSR count). The molecule has 23 heavy (non-hydrogen) atoms. The minimum absolute atomic E-state index is 0.577. The van der Waals surface area contributed by atoms with Crippen LogP contribution >= 0.6 is 0 Å². The van der Waals surface area contributed by atoms with E-state index in [1.807, 2.05) is 31.3 Å². The molecule has 0 saturated carbocycles. The van der Waals surface area contributed by atoms with Gasteiger partial charge in [-0.05, 0) is 37.1 Å². The fourth-order valence-corrected chi connectivity index (χ4v) is 3.59. The molecule has 3 saturated heterocycles. The number of hydrogen-bond acceptors (Lipinski definition) is 5. The topological polar surface area (TPSA) is 56.1 Å². The Labute approximate surface area is 136 Å². The summed E-state index contributed by atoms with van der Waals surface area (Å²) in [6, 6.07) is 13.2. The number of aromatic nitrogens is 2. The van der Waals surface area contributed by atoms with Crippen LogP contribution in [0.1, 0.15) is 23.2 Å². The second-order valence-electron chi connectivity index (χ2n) is 6.43. The van der Waals surface area contributed by atoms with Crippen LogP contribution in [0.2, 0.25) is 0 Å². The molecule has 3 aliphatic heterocycles. The van der Waals surface area contributed by atoms with E-state index < -0.39 is 0 Å². The van der Waals surface area contributed by atoms with E-state index in [1.165, 1.54) is 12.0 Å². The van der Waals surface area contributed by atoms with E-state index in [2.05, 4.69) is 38.0 Å². The first-order valence-corrected chi connectivity index (χ1v) is 8.02. The second-order valence-corrected chi connectivity index (χ2v) is 6.43. The molecule has 0 radical (unpaired) electrons. The van der Waals surface area contributed by atoms with Gasteiger partial charge >= 0.3 is 0 Å². The number of hydrogen-bond donors (Lipinski definition) is 0. The first kappa shape index (κ1) is 14.2. The molecular formula is C18H19N5. The van der Waals surface area contributed by atoms with Gasteiger partial charge in [0.25, 0.3) is 0 Å². The Kier molecular flexibility index (Phi) is 3.47. The molecular weight excluding hydrogens is 286 g/mol. The molecule has 2 unspecified atom stereocenters. The van der Waals surface area contributed by atoms with Crippen molar-refractivity contribution in [2.45, 2.75) is 32.0 Å². The summed E-state index contributed by atoms with van der Waals surface area (Å²) >= 11 is 0. The fourth-order valence-electron chi connectivity index (χ4n) is 3.59. The third-order valence-corrected chi connectivity index (χ3v) is 4.86. The Hall–Kier alpha value is -2.45. The summed E-state index contributed by atoms with van der Waals surface area (Å²) in [5, 5.41) is 8.88. The molecule has 0 N–H and O–H groups in total. The number of aryl methyl sites for hydroxylation is 1. The van der Waals surface area contributed by atoms with Crippen molar-refractivity contribution in [3.8, 4) is 6.07 Å². The molecule has 5 nitrogen and oxygen atoms in total. The smallest absolute Gasteiger partial charge is 0.225 e. The first-order chi connectivity index (χ1) is 11.2. The summed E-state index contributed by atoms with van der Waals surface area (Å²) in [6.07, 6.45) is 3.10. The highest BCUT2D eigenvalue weighted by atomic mass is 15.4. The Morgan fingerprint density at radius 3 is 2.57 bits per heavy atom. The van der Waals surface area contributed by atoms with Gasteiger partial charge in [0.15, 0.2) is 0 Å². The maximum Gasteiger partial charge on any atom is 0.225 e. The monoisotopic (exact) mass is 305 g/mol. The maximum atomic E-state index is 8.88. The zero-order chi connectivity index (χ0) is 15.8. The molecule has 4 heterocycles. The highest BCUT2D eigenvalue weighted by molar-refractivity contribution is 5.35. The van der Waals surface area contributed by atoms with E-state index in [0.29, 0.717) is 12.1 Å². The van der Waals surface area contributed by atoms with E-state index in [1.54, 1.807) is 0 Å². The van der Waals surface area contributed by atoms with Crippen LogP contribution in [-0.4, -0.2) is 40.0 Å². The standard InChI is InChI=1S/C18H19N5/c1-13-6-7-20-18(21-13)22-11-16-8-17(12-22)23(16)10-15-4-2-14(9-19)3-5-15/h2-7,16-17H,8,10-12H2,1H3.